The summed E-state index contributed by atoms with van der Waals surface area (Å²) in [5, 5.41) is 0. The molecule has 2 nitrogen and oxygen atoms in total. The molecule has 0 spiro atoms. The zero-order chi connectivity index (χ0) is 14.5. The van der Waals surface area contributed by atoms with Crippen LogP contribution in [0.15, 0.2) is 77.4 Å². The van der Waals surface area contributed by atoms with Gasteiger partial charge in [-0.15, -0.1) is 0 Å². The van der Waals surface area contributed by atoms with Crippen molar-refractivity contribution >= 4 is 15.9 Å². The third-order valence-electron chi connectivity index (χ3n) is 3.10. The molecule has 3 heteroatoms. The lowest BCUT2D eigenvalue weighted by molar-refractivity contribution is 0.460. The predicted molar refractivity (Wildman–Crippen MR) is 87.7 cm³/mol. The number of halogens is 1. The fraction of sp³-hybridized carbons (Fsp3) is 0.0556. The van der Waals surface area contributed by atoms with Crippen molar-refractivity contribution in [1.82, 2.24) is 4.98 Å². The lowest BCUT2D eigenvalue weighted by Crippen LogP contribution is -1.91. The molecule has 1 heterocycles. The number of aromatic nitrogens is 1. The lowest BCUT2D eigenvalue weighted by atomic mass is 10.1. The molecule has 0 aliphatic heterocycles. The van der Waals surface area contributed by atoms with Crippen LogP contribution >= 0.6 is 15.9 Å². The van der Waals surface area contributed by atoms with E-state index in [1.54, 1.807) is 6.20 Å². The van der Waals surface area contributed by atoms with Crippen LogP contribution in [0.2, 0.25) is 0 Å². The van der Waals surface area contributed by atoms with E-state index in [0.717, 1.165) is 16.6 Å². The van der Waals surface area contributed by atoms with Crippen molar-refractivity contribution in [3.05, 3.63) is 88.5 Å². The monoisotopic (exact) mass is 339 g/mol. The van der Waals surface area contributed by atoms with E-state index in [9.17, 15) is 0 Å². The molecule has 3 aromatic rings. The Bertz CT molecular complexity index is 714. The summed E-state index contributed by atoms with van der Waals surface area (Å²) in [6.45, 7) is 0. The maximum absolute atomic E-state index is 5.76. The van der Waals surface area contributed by atoms with E-state index in [4.69, 9.17) is 4.74 Å². The Balaban J connectivity index is 1.77. The van der Waals surface area contributed by atoms with Gasteiger partial charge in [0.15, 0.2) is 0 Å². The summed E-state index contributed by atoms with van der Waals surface area (Å²) in [7, 11) is 0. The van der Waals surface area contributed by atoms with Crippen molar-refractivity contribution in [2.75, 3.05) is 0 Å². The van der Waals surface area contributed by atoms with Gasteiger partial charge in [0, 0.05) is 12.3 Å². The first kappa shape index (κ1) is 13.8. The van der Waals surface area contributed by atoms with Gasteiger partial charge >= 0.3 is 0 Å². The van der Waals surface area contributed by atoms with Crippen LogP contribution in [-0.2, 0) is 6.42 Å². The van der Waals surface area contributed by atoms with Crippen molar-refractivity contribution in [3.8, 4) is 11.6 Å². The van der Waals surface area contributed by atoms with Gasteiger partial charge in [0.25, 0.3) is 0 Å². The third-order valence-corrected chi connectivity index (χ3v) is 3.72. The van der Waals surface area contributed by atoms with Gasteiger partial charge in [0.1, 0.15) is 5.75 Å². The van der Waals surface area contributed by atoms with Gasteiger partial charge in [-0.3, -0.25) is 0 Å². The summed E-state index contributed by atoms with van der Waals surface area (Å²) in [5.41, 5.74) is 2.53. The molecule has 2 aromatic carbocycles. The Morgan fingerprint density at radius 1 is 0.857 bits per heavy atom. The standard InChI is InChI=1S/C18H14BrNO/c19-16-13-15(12-14-6-2-1-3-7-14)9-10-17(16)21-18-8-4-5-11-20-18/h1-11,13H,12H2. The number of hydrogen-bond donors (Lipinski definition) is 0. The van der Waals surface area contributed by atoms with Crippen molar-refractivity contribution in [3.63, 3.8) is 0 Å². The van der Waals surface area contributed by atoms with Gasteiger partial charge in [-0.25, -0.2) is 4.98 Å². The lowest BCUT2D eigenvalue weighted by Gasteiger charge is -2.09. The summed E-state index contributed by atoms with van der Waals surface area (Å²) in [6.07, 6.45) is 2.62. The molecule has 0 atom stereocenters. The Hall–Kier alpha value is -2.13. The average molecular weight is 340 g/mol. The molecule has 0 aliphatic rings. The van der Waals surface area contributed by atoms with Crippen molar-refractivity contribution in [1.29, 1.82) is 0 Å². The molecule has 1 aromatic heterocycles. The van der Waals surface area contributed by atoms with Gasteiger partial charge < -0.3 is 4.74 Å². The Kier molecular flexibility index (Phi) is 4.31. The van der Waals surface area contributed by atoms with Gasteiger partial charge in [0.05, 0.1) is 4.47 Å². The molecule has 104 valence electrons. The van der Waals surface area contributed by atoms with Crippen LogP contribution in [0.3, 0.4) is 0 Å². The largest absolute Gasteiger partial charge is 0.438 e. The minimum absolute atomic E-state index is 0.592. The summed E-state index contributed by atoms with van der Waals surface area (Å²) in [6, 6.07) is 22.2. The molecular formula is C18H14BrNO. The number of nitrogens with zero attached hydrogens (tertiary/aromatic N) is 1. The number of pyridine rings is 1. The number of hydrogen-bond acceptors (Lipinski definition) is 2. The highest BCUT2D eigenvalue weighted by molar-refractivity contribution is 9.10. The van der Waals surface area contributed by atoms with Crippen LogP contribution in [0.1, 0.15) is 11.1 Å². The van der Waals surface area contributed by atoms with Crippen LogP contribution in [0, 0.1) is 0 Å². The van der Waals surface area contributed by atoms with E-state index < -0.39 is 0 Å². The predicted octanol–water partition coefficient (Wildman–Crippen LogP) is 5.23. The summed E-state index contributed by atoms with van der Waals surface area (Å²) in [5.74, 6) is 1.36. The Morgan fingerprint density at radius 3 is 2.38 bits per heavy atom. The van der Waals surface area contributed by atoms with Crippen LogP contribution in [0.5, 0.6) is 11.6 Å². The minimum Gasteiger partial charge on any atom is -0.438 e. The molecule has 0 radical (unpaired) electrons. The molecule has 21 heavy (non-hydrogen) atoms. The third kappa shape index (κ3) is 3.70. The maximum atomic E-state index is 5.76. The molecular weight excluding hydrogens is 326 g/mol. The van der Waals surface area contributed by atoms with E-state index in [-0.39, 0.29) is 0 Å². The molecule has 0 bridgehead atoms. The zero-order valence-corrected chi connectivity index (χ0v) is 13.0. The van der Waals surface area contributed by atoms with Crippen LogP contribution in [0.4, 0.5) is 0 Å². The molecule has 0 N–H and O–H groups in total. The highest BCUT2D eigenvalue weighted by Gasteiger charge is 2.05. The molecule has 0 amide bonds. The molecule has 0 unspecified atom stereocenters. The molecule has 0 fully saturated rings. The maximum Gasteiger partial charge on any atom is 0.219 e. The van der Waals surface area contributed by atoms with Crippen molar-refractivity contribution in [2.45, 2.75) is 6.42 Å². The minimum atomic E-state index is 0.592. The van der Waals surface area contributed by atoms with Crippen molar-refractivity contribution in [2.24, 2.45) is 0 Å². The van der Waals surface area contributed by atoms with Crippen LogP contribution in [-0.4, -0.2) is 4.98 Å². The van der Waals surface area contributed by atoms with E-state index in [2.05, 4.69) is 57.3 Å². The molecule has 0 saturated heterocycles. The summed E-state index contributed by atoms with van der Waals surface area (Å²) >= 11 is 3.57. The number of ether oxygens (including phenoxy) is 1. The smallest absolute Gasteiger partial charge is 0.219 e. The Morgan fingerprint density at radius 2 is 1.67 bits per heavy atom. The topological polar surface area (TPSA) is 22.1 Å². The van der Waals surface area contributed by atoms with Crippen LogP contribution < -0.4 is 4.74 Å². The van der Waals surface area contributed by atoms with Gasteiger partial charge in [0.2, 0.25) is 5.88 Å². The van der Waals surface area contributed by atoms with E-state index >= 15 is 0 Å². The van der Waals surface area contributed by atoms with Gasteiger partial charge in [-0.05, 0) is 51.7 Å². The average Bonchev–Trinajstić information content (AvgIpc) is 2.52. The fourth-order valence-corrected chi connectivity index (χ4v) is 2.60. The SMILES string of the molecule is Brc1cc(Cc2ccccc2)ccc1Oc1ccccn1. The Labute approximate surface area is 132 Å². The van der Waals surface area contributed by atoms with E-state index in [1.807, 2.05) is 30.3 Å². The summed E-state index contributed by atoms with van der Waals surface area (Å²) in [4.78, 5) is 4.16. The first-order chi connectivity index (χ1) is 10.3. The summed E-state index contributed by atoms with van der Waals surface area (Å²) < 4.78 is 6.69. The second kappa shape index (κ2) is 6.55. The fourth-order valence-electron chi connectivity index (χ4n) is 2.09. The first-order valence-electron chi connectivity index (χ1n) is 6.72. The highest BCUT2D eigenvalue weighted by atomic mass is 79.9. The second-order valence-corrected chi connectivity index (χ2v) is 5.55. The van der Waals surface area contributed by atoms with E-state index in [1.165, 1.54) is 11.1 Å². The van der Waals surface area contributed by atoms with E-state index in [0.29, 0.717) is 5.88 Å². The second-order valence-electron chi connectivity index (χ2n) is 4.70. The number of rotatable bonds is 4. The molecule has 0 saturated carbocycles. The van der Waals surface area contributed by atoms with Crippen LogP contribution in [0.25, 0.3) is 0 Å². The highest BCUT2D eigenvalue weighted by Crippen LogP contribution is 2.30. The quantitative estimate of drug-likeness (QED) is 0.649. The van der Waals surface area contributed by atoms with Gasteiger partial charge in [-0.1, -0.05) is 42.5 Å². The molecule has 3 rings (SSSR count). The zero-order valence-electron chi connectivity index (χ0n) is 11.4. The number of benzene rings is 2. The molecule has 0 aliphatic carbocycles. The first-order valence-corrected chi connectivity index (χ1v) is 7.52. The van der Waals surface area contributed by atoms with Crippen molar-refractivity contribution < 1.29 is 4.74 Å². The van der Waals surface area contributed by atoms with Gasteiger partial charge in [-0.2, -0.15) is 0 Å². The normalized spacial score (nSPS) is 10.3.